The van der Waals surface area contributed by atoms with E-state index in [0.29, 0.717) is 15.8 Å². The number of carbonyl (C=O) groups excluding carboxylic acids is 1. The summed E-state index contributed by atoms with van der Waals surface area (Å²) in [5, 5.41) is 0. The first-order valence-electron chi connectivity index (χ1n) is 10.2. The lowest BCUT2D eigenvalue weighted by atomic mass is 10.1. The highest BCUT2D eigenvalue weighted by atomic mass is 32.2. The largest absolute Gasteiger partial charge is 0.489 e. The molecule has 0 radical (unpaired) electrons. The van der Waals surface area contributed by atoms with Gasteiger partial charge in [0.05, 0.1) is 10.6 Å². The first-order chi connectivity index (χ1) is 15.4. The SMILES string of the molecule is Cc1cccc(COc2ccc(/C=C3/SC(=S)N(c4ccc(N(C)C)cc4)C3=O)cc2)c1. The molecule has 1 amide bonds. The second kappa shape index (κ2) is 9.59. The minimum Gasteiger partial charge on any atom is -0.489 e. The van der Waals surface area contributed by atoms with Crippen LogP contribution in [0.15, 0.2) is 77.7 Å². The van der Waals surface area contributed by atoms with Crippen LogP contribution in [0.4, 0.5) is 11.4 Å². The standard InChI is InChI=1S/C26H24N2O2S2/c1-18-5-4-6-20(15-18)17-30-23-13-7-19(8-14-23)16-24-25(29)28(26(31)32-24)22-11-9-21(10-12-22)27(2)3/h4-16H,17H2,1-3H3/b24-16+. The molecule has 0 aliphatic carbocycles. The molecular formula is C26H24N2O2S2. The van der Waals surface area contributed by atoms with Gasteiger partial charge in [0, 0.05) is 19.8 Å². The molecule has 3 aromatic rings. The van der Waals surface area contributed by atoms with Crippen molar-refractivity contribution in [3.05, 3.63) is 94.4 Å². The first kappa shape index (κ1) is 22.1. The van der Waals surface area contributed by atoms with E-state index in [9.17, 15) is 4.79 Å². The van der Waals surface area contributed by atoms with Gasteiger partial charge in [0.1, 0.15) is 12.4 Å². The number of amides is 1. The second-order valence-electron chi connectivity index (χ2n) is 7.77. The van der Waals surface area contributed by atoms with Crippen molar-refractivity contribution in [2.24, 2.45) is 0 Å². The molecule has 32 heavy (non-hydrogen) atoms. The molecule has 0 unspecified atom stereocenters. The lowest BCUT2D eigenvalue weighted by Gasteiger charge is -2.17. The molecule has 1 aliphatic heterocycles. The zero-order chi connectivity index (χ0) is 22.7. The number of hydrogen-bond acceptors (Lipinski definition) is 5. The Hall–Kier alpha value is -3.09. The lowest BCUT2D eigenvalue weighted by molar-refractivity contribution is -0.113. The Kier molecular flexibility index (Phi) is 6.63. The van der Waals surface area contributed by atoms with Gasteiger partial charge in [0.15, 0.2) is 4.32 Å². The smallest absolute Gasteiger partial charge is 0.270 e. The molecule has 3 aromatic carbocycles. The quantitative estimate of drug-likeness (QED) is 0.331. The number of anilines is 2. The van der Waals surface area contributed by atoms with Crippen LogP contribution in [0.1, 0.15) is 16.7 Å². The zero-order valence-corrected chi connectivity index (χ0v) is 19.9. The zero-order valence-electron chi connectivity index (χ0n) is 18.2. The molecule has 0 spiro atoms. The fraction of sp³-hybridized carbons (Fsp3) is 0.154. The maximum Gasteiger partial charge on any atom is 0.270 e. The minimum atomic E-state index is -0.0997. The molecule has 0 bridgehead atoms. The van der Waals surface area contributed by atoms with Gasteiger partial charge in [-0.2, -0.15) is 0 Å². The van der Waals surface area contributed by atoms with Gasteiger partial charge in [-0.05, 0) is 60.5 Å². The highest BCUT2D eigenvalue weighted by Crippen LogP contribution is 2.36. The number of thioether (sulfide) groups is 1. The summed E-state index contributed by atoms with van der Waals surface area (Å²) in [7, 11) is 3.96. The van der Waals surface area contributed by atoms with Crippen LogP contribution < -0.4 is 14.5 Å². The Bertz CT molecular complexity index is 1170. The predicted octanol–water partition coefficient (Wildman–Crippen LogP) is 6.05. The molecule has 4 nitrogen and oxygen atoms in total. The maximum atomic E-state index is 13.0. The van der Waals surface area contributed by atoms with Gasteiger partial charge < -0.3 is 9.64 Å². The number of hydrogen-bond donors (Lipinski definition) is 0. The monoisotopic (exact) mass is 460 g/mol. The average Bonchev–Trinajstić information content (AvgIpc) is 3.06. The number of thiocarbonyl (C=S) groups is 1. The van der Waals surface area contributed by atoms with E-state index < -0.39 is 0 Å². The van der Waals surface area contributed by atoms with E-state index >= 15 is 0 Å². The van der Waals surface area contributed by atoms with Crippen molar-refractivity contribution in [3.8, 4) is 5.75 Å². The fourth-order valence-corrected chi connectivity index (χ4v) is 4.67. The maximum absolute atomic E-state index is 13.0. The Balaban J connectivity index is 1.44. The van der Waals surface area contributed by atoms with Gasteiger partial charge in [-0.15, -0.1) is 0 Å². The van der Waals surface area contributed by atoms with Crippen LogP contribution in [0.5, 0.6) is 5.75 Å². The third-order valence-electron chi connectivity index (χ3n) is 5.08. The Morgan fingerprint density at radius 3 is 2.41 bits per heavy atom. The lowest BCUT2D eigenvalue weighted by Crippen LogP contribution is -2.27. The van der Waals surface area contributed by atoms with Crippen molar-refractivity contribution >= 4 is 51.7 Å². The minimum absolute atomic E-state index is 0.0997. The number of ether oxygens (including phenoxy) is 1. The van der Waals surface area contributed by atoms with E-state index in [1.165, 1.54) is 17.3 Å². The van der Waals surface area contributed by atoms with E-state index in [-0.39, 0.29) is 5.91 Å². The summed E-state index contributed by atoms with van der Waals surface area (Å²) in [6, 6.07) is 23.8. The summed E-state index contributed by atoms with van der Waals surface area (Å²) < 4.78 is 6.43. The van der Waals surface area contributed by atoms with Crippen LogP contribution in [-0.2, 0) is 11.4 Å². The molecule has 0 N–H and O–H groups in total. The summed E-state index contributed by atoms with van der Waals surface area (Å²) >= 11 is 6.81. The number of rotatable bonds is 6. The summed E-state index contributed by atoms with van der Waals surface area (Å²) in [6.07, 6.45) is 1.87. The summed E-state index contributed by atoms with van der Waals surface area (Å²) in [6.45, 7) is 2.59. The molecule has 0 atom stereocenters. The molecule has 0 aromatic heterocycles. The third-order valence-corrected chi connectivity index (χ3v) is 6.39. The van der Waals surface area contributed by atoms with Gasteiger partial charge in [-0.25, -0.2) is 0 Å². The first-order valence-corrected chi connectivity index (χ1v) is 11.5. The van der Waals surface area contributed by atoms with Gasteiger partial charge in [-0.3, -0.25) is 9.69 Å². The Morgan fingerprint density at radius 2 is 1.75 bits per heavy atom. The van der Waals surface area contributed by atoms with Crippen LogP contribution in [0.2, 0.25) is 0 Å². The molecule has 0 saturated carbocycles. The molecule has 162 valence electrons. The normalized spacial score (nSPS) is 14.8. The third kappa shape index (κ3) is 5.03. The predicted molar refractivity (Wildman–Crippen MR) is 138 cm³/mol. The molecule has 1 aliphatic rings. The Morgan fingerprint density at radius 1 is 1.03 bits per heavy atom. The summed E-state index contributed by atoms with van der Waals surface area (Å²) in [4.78, 5) is 17.2. The van der Waals surface area contributed by atoms with Crippen molar-refractivity contribution in [3.63, 3.8) is 0 Å². The van der Waals surface area contributed by atoms with Gasteiger partial charge >= 0.3 is 0 Å². The van der Waals surface area contributed by atoms with E-state index in [4.69, 9.17) is 17.0 Å². The van der Waals surface area contributed by atoms with Crippen LogP contribution in [-0.4, -0.2) is 24.3 Å². The van der Waals surface area contributed by atoms with E-state index in [1.807, 2.05) is 79.7 Å². The van der Waals surface area contributed by atoms with E-state index in [0.717, 1.165) is 28.3 Å². The van der Waals surface area contributed by atoms with E-state index in [1.54, 1.807) is 4.90 Å². The van der Waals surface area contributed by atoms with E-state index in [2.05, 4.69) is 25.1 Å². The number of nitrogens with zero attached hydrogens (tertiary/aromatic N) is 2. The second-order valence-corrected chi connectivity index (χ2v) is 9.45. The van der Waals surface area contributed by atoms with Gasteiger partial charge in [0.2, 0.25) is 0 Å². The van der Waals surface area contributed by atoms with Crippen LogP contribution in [0.3, 0.4) is 0 Å². The number of carbonyl (C=O) groups is 1. The molecule has 1 fully saturated rings. The fourth-order valence-electron chi connectivity index (χ4n) is 3.37. The van der Waals surface area contributed by atoms with Crippen LogP contribution >= 0.6 is 24.0 Å². The van der Waals surface area contributed by atoms with Crippen molar-refractivity contribution in [1.82, 2.24) is 0 Å². The highest BCUT2D eigenvalue weighted by Gasteiger charge is 2.33. The molecule has 1 heterocycles. The number of benzene rings is 3. The van der Waals surface area contributed by atoms with Crippen molar-refractivity contribution < 1.29 is 9.53 Å². The molecule has 4 rings (SSSR count). The summed E-state index contributed by atoms with van der Waals surface area (Å²) in [5.74, 6) is 0.689. The van der Waals surface area contributed by atoms with Crippen molar-refractivity contribution in [1.29, 1.82) is 0 Å². The average molecular weight is 461 g/mol. The van der Waals surface area contributed by atoms with Crippen molar-refractivity contribution in [2.45, 2.75) is 13.5 Å². The Labute approximate surface area is 198 Å². The van der Waals surface area contributed by atoms with Crippen LogP contribution in [0.25, 0.3) is 6.08 Å². The van der Waals surface area contributed by atoms with Gasteiger partial charge in [-0.1, -0.05) is 65.9 Å². The summed E-state index contributed by atoms with van der Waals surface area (Å²) in [5.41, 5.74) is 5.13. The topological polar surface area (TPSA) is 32.8 Å². The molecule has 6 heteroatoms. The van der Waals surface area contributed by atoms with Crippen LogP contribution in [0, 0.1) is 6.92 Å². The molecular weight excluding hydrogens is 436 g/mol. The highest BCUT2D eigenvalue weighted by molar-refractivity contribution is 8.27. The molecule has 1 saturated heterocycles. The van der Waals surface area contributed by atoms with Crippen molar-refractivity contribution in [2.75, 3.05) is 23.9 Å². The number of aryl methyl sites for hydroxylation is 1. The van der Waals surface area contributed by atoms with Gasteiger partial charge in [0.25, 0.3) is 5.91 Å².